The summed E-state index contributed by atoms with van der Waals surface area (Å²) in [6.45, 7) is 1.01. The second-order valence-electron chi connectivity index (χ2n) is 5.08. The molecule has 2 rings (SSSR count). The first-order valence-corrected chi connectivity index (χ1v) is 7.88. The van der Waals surface area contributed by atoms with Gasteiger partial charge in [-0.05, 0) is 24.3 Å². The van der Waals surface area contributed by atoms with Crippen molar-refractivity contribution in [1.29, 1.82) is 0 Å². The highest BCUT2D eigenvalue weighted by atomic mass is 35.5. The smallest absolute Gasteiger partial charge is 0.286 e. The predicted molar refractivity (Wildman–Crippen MR) is 90.2 cm³/mol. The third-order valence-corrected chi connectivity index (χ3v) is 3.63. The van der Waals surface area contributed by atoms with Crippen molar-refractivity contribution < 1.29 is 18.7 Å². The summed E-state index contributed by atoms with van der Waals surface area (Å²) < 4.78 is 10.5. The van der Waals surface area contributed by atoms with E-state index in [2.05, 4.69) is 5.32 Å². The van der Waals surface area contributed by atoms with Gasteiger partial charge in [0.25, 0.3) is 5.91 Å². The Balaban J connectivity index is 1.65. The first-order valence-electron chi connectivity index (χ1n) is 7.51. The number of hydrogen-bond donors (Lipinski definition) is 1. The molecule has 6 nitrogen and oxygen atoms in total. The third kappa shape index (κ3) is 5.31. The minimum absolute atomic E-state index is 0.0856. The normalized spacial score (nSPS) is 10.2. The molecule has 2 amide bonds. The van der Waals surface area contributed by atoms with Gasteiger partial charge in [-0.1, -0.05) is 23.7 Å². The van der Waals surface area contributed by atoms with Gasteiger partial charge in [0, 0.05) is 20.0 Å². The summed E-state index contributed by atoms with van der Waals surface area (Å²) in [7, 11) is 1.69. The van der Waals surface area contributed by atoms with E-state index in [0.29, 0.717) is 23.9 Å². The van der Waals surface area contributed by atoms with E-state index in [4.69, 9.17) is 20.8 Å². The van der Waals surface area contributed by atoms with Gasteiger partial charge in [-0.2, -0.15) is 0 Å². The van der Waals surface area contributed by atoms with Crippen LogP contribution in [-0.4, -0.2) is 43.5 Å². The van der Waals surface area contributed by atoms with Crippen LogP contribution in [0.1, 0.15) is 17.0 Å². The highest BCUT2D eigenvalue weighted by molar-refractivity contribution is 6.32. The molecule has 1 heterocycles. The van der Waals surface area contributed by atoms with Crippen molar-refractivity contribution in [3.05, 3.63) is 53.4 Å². The van der Waals surface area contributed by atoms with Crippen LogP contribution >= 0.6 is 11.6 Å². The Labute approximate surface area is 145 Å². The number of furan rings is 1. The van der Waals surface area contributed by atoms with Crippen molar-refractivity contribution in [3.8, 4) is 5.75 Å². The Morgan fingerprint density at radius 3 is 2.75 bits per heavy atom. The topological polar surface area (TPSA) is 71.8 Å². The van der Waals surface area contributed by atoms with E-state index in [1.54, 1.807) is 36.2 Å². The number of nitrogens with one attached hydrogen (secondary N) is 1. The van der Waals surface area contributed by atoms with E-state index in [1.165, 1.54) is 6.26 Å². The van der Waals surface area contributed by atoms with Crippen molar-refractivity contribution in [2.45, 2.75) is 6.42 Å². The SMILES string of the molecule is CN(CCOc1ccccc1Cl)C(=O)CCNC(=O)c1ccco1. The number of halogens is 1. The molecule has 0 aliphatic carbocycles. The number of carbonyl (C=O) groups excluding carboxylic acids is 2. The maximum absolute atomic E-state index is 12.0. The Morgan fingerprint density at radius 2 is 2.04 bits per heavy atom. The highest BCUT2D eigenvalue weighted by Gasteiger charge is 2.11. The van der Waals surface area contributed by atoms with E-state index < -0.39 is 0 Å². The number of carbonyl (C=O) groups is 2. The van der Waals surface area contributed by atoms with E-state index in [1.807, 2.05) is 12.1 Å². The molecule has 1 aromatic carbocycles. The van der Waals surface area contributed by atoms with Crippen molar-refractivity contribution >= 4 is 23.4 Å². The maximum Gasteiger partial charge on any atom is 0.286 e. The summed E-state index contributed by atoms with van der Waals surface area (Å²) in [6.07, 6.45) is 1.63. The van der Waals surface area contributed by atoms with Crippen LogP contribution in [0, 0.1) is 0 Å². The average Bonchev–Trinajstić information content (AvgIpc) is 3.11. The summed E-state index contributed by atoms with van der Waals surface area (Å²) in [4.78, 5) is 25.2. The molecule has 0 saturated heterocycles. The van der Waals surface area contributed by atoms with E-state index >= 15 is 0 Å². The summed E-state index contributed by atoms with van der Waals surface area (Å²) in [5.74, 6) is 0.393. The fourth-order valence-corrected chi connectivity index (χ4v) is 2.14. The lowest BCUT2D eigenvalue weighted by Crippen LogP contribution is -2.34. The van der Waals surface area contributed by atoms with Gasteiger partial charge in [0.2, 0.25) is 5.91 Å². The van der Waals surface area contributed by atoms with Gasteiger partial charge in [-0.25, -0.2) is 0 Å². The number of hydrogen-bond acceptors (Lipinski definition) is 4. The Kier molecular flexibility index (Phi) is 6.69. The average molecular weight is 351 g/mol. The monoisotopic (exact) mass is 350 g/mol. The number of benzene rings is 1. The van der Waals surface area contributed by atoms with Gasteiger partial charge in [0.05, 0.1) is 17.8 Å². The number of nitrogens with zero attached hydrogens (tertiary/aromatic N) is 1. The largest absolute Gasteiger partial charge is 0.490 e. The Hall–Kier alpha value is -2.47. The zero-order valence-electron chi connectivity index (χ0n) is 13.3. The van der Waals surface area contributed by atoms with Gasteiger partial charge in [-0.3, -0.25) is 9.59 Å². The molecule has 1 N–H and O–H groups in total. The third-order valence-electron chi connectivity index (χ3n) is 3.32. The van der Waals surface area contributed by atoms with Crippen LogP contribution in [0.4, 0.5) is 0 Å². The standard InChI is InChI=1S/C17H19ClN2O4/c1-20(10-12-24-14-6-3-2-5-13(14)18)16(21)8-9-19-17(22)15-7-4-11-23-15/h2-7,11H,8-10,12H2,1H3,(H,19,22). The molecule has 0 aliphatic heterocycles. The molecule has 2 aromatic rings. The van der Waals surface area contributed by atoms with Crippen molar-refractivity contribution in [3.63, 3.8) is 0 Å². The minimum atomic E-state index is -0.336. The van der Waals surface area contributed by atoms with Crippen molar-refractivity contribution in [2.24, 2.45) is 0 Å². The minimum Gasteiger partial charge on any atom is -0.490 e. The number of likely N-dealkylation sites (N-methyl/N-ethyl adjacent to an activating group) is 1. The van der Waals surface area contributed by atoms with E-state index in [0.717, 1.165) is 0 Å². The van der Waals surface area contributed by atoms with Gasteiger partial charge in [0.15, 0.2) is 5.76 Å². The number of para-hydroxylation sites is 1. The van der Waals surface area contributed by atoms with Crippen molar-refractivity contribution in [1.82, 2.24) is 10.2 Å². The van der Waals surface area contributed by atoms with Gasteiger partial charge in [-0.15, -0.1) is 0 Å². The zero-order chi connectivity index (χ0) is 17.4. The number of rotatable bonds is 8. The summed E-state index contributed by atoms with van der Waals surface area (Å²) in [5.41, 5.74) is 0. The lowest BCUT2D eigenvalue weighted by atomic mass is 10.3. The molecule has 7 heteroatoms. The first-order chi connectivity index (χ1) is 11.6. The van der Waals surface area contributed by atoms with Crippen LogP contribution in [0.2, 0.25) is 5.02 Å². The summed E-state index contributed by atoms with van der Waals surface area (Å²) in [5, 5.41) is 3.17. The summed E-state index contributed by atoms with van der Waals surface area (Å²) in [6, 6.07) is 10.4. The molecule has 0 aliphatic rings. The molecular formula is C17H19ClN2O4. The molecule has 0 saturated carbocycles. The maximum atomic E-state index is 12.0. The molecule has 128 valence electrons. The van der Waals surface area contributed by atoms with E-state index in [-0.39, 0.29) is 30.5 Å². The fraction of sp³-hybridized carbons (Fsp3) is 0.294. The second-order valence-corrected chi connectivity index (χ2v) is 5.48. The molecule has 0 radical (unpaired) electrons. The molecule has 1 aromatic heterocycles. The van der Waals surface area contributed by atoms with Crippen LogP contribution in [0.3, 0.4) is 0 Å². The molecule has 0 spiro atoms. The van der Waals surface area contributed by atoms with Crippen LogP contribution in [0.15, 0.2) is 47.1 Å². The summed E-state index contributed by atoms with van der Waals surface area (Å²) >= 11 is 5.99. The first kappa shape index (κ1) is 17.9. The quantitative estimate of drug-likeness (QED) is 0.794. The van der Waals surface area contributed by atoms with E-state index in [9.17, 15) is 9.59 Å². The van der Waals surface area contributed by atoms with Crippen LogP contribution in [-0.2, 0) is 4.79 Å². The molecule has 0 fully saturated rings. The number of ether oxygens (including phenoxy) is 1. The molecule has 0 atom stereocenters. The fourth-order valence-electron chi connectivity index (χ4n) is 1.95. The highest BCUT2D eigenvalue weighted by Crippen LogP contribution is 2.22. The van der Waals surface area contributed by atoms with Crippen LogP contribution in [0.25, 0.3) is 0 Å². The second kappa shape index (κ2) is 8.98. The van der Waals surface area contributed by atoms with Crippen molar-refractivity contribution in [2.75, 3.05) is 26.7 Å². The lowest BCUT2D eigenvalue weighted by Gasteiger charge is -2.18. The molecular weight excluding hydrogens is 332 g/mol. The van der Waals surface area contributed by atoms with Crippen LogP contribution < -0.4 is 10.1 Å². The van der Waals surface area contributed by atoms with Gasteiger partial charge >= 0.3 is 0 Å². The Bertz CT molecular complexity index is 673. The molecule has 0 unspecified atom stereocenters. The van der Waals surface area contributed by atoms with Gasteiger partial charge in [0.1, 0.15) is 12.4 Å². The number of amides is 2. The lowest BCUT2D eigenvalue weighted by molar-refractivity contribution is -0.130. The van der Waals surface area contributed by atoms with Gasteiger partial charge < -0.3 is 19.4 Å². The predicted octanol–water partition coefficient (Wildman–Crippen LogP) is 2.59. The molecule has 0 bridgehead atoms. The zero-order valence-corrected chi connectivity index (χ0v) is 14.1. The Morgan fingerprint density at radius 1 is 1.25 bits per heavy atom. The van der Waals surface area contributed by atoms with Crippen LogP contribution in [0.5, 0.6) is 5.75 Å². The molecule has 24 heavy (non-hydrogen) atoms.